The monoisotopic (exact) mass is 358 g/mol. The largest absolute Gasteiger partial charge is 0.315 e. The van der Waals surface area contributed by atoms with E-state index in [1.807, 2.05) is 13.1 Å². The average Bonchev–Trinajstić information content (AvgIpc) is 2.48. The van der Waals surface area contributed by atoms with Crippen LogP contribution in [0.2, 0.25) is 0 Å². The van der Waals surface area contributed by atoms with Gasteiger partial charge >= 0.3 is 0 Å². The SMILES string of the molecule is CCN(CC)C(C)(CC)C(Cc1cc(Br)ccc1F)NC. The van der Waals surface area contributed by atoms with E-state index in [0.717, 1.165) is 29.5 Å². The van der Waals surface area contributed by atoms with Gasteiger partial charge < -0.3 is 5.32 Å². The number of hydrogen-bond acceptors (Lipinski definition) is 2. The van der Waals surface area contributed by atoms with Crippen molar-refractivity contribution >= 4 is 15.9 Å². The maximum atomic E-state index is 14.1. The number of benzene rings is 1. The predicted molar refractivity (Wildman–Crippen MR) is 92.3 cm³/mol. The minimum atomic E-state index is -0.128. The van der Waals surface area contributed by atoms with Crippen LogP contribution < -0.4 is 5.32 Å². The molecule has 0 saturated carbocycles. The lowest BCUT2D eigenvalue weighted by atomic mass is 9.83. The Bertz CT molecular complexity index is 448. The highest BCUT2D eigenvalue weighted by molar-refractivity contribution is 9.10. The van der Waals surface area contributed by atoms with Gasteiger partial charge in [-0.2, -0.15) is 0 Å². The molecule has 0 fully saturated rings. The molecule has 0 amide bonds. The van der Waals surface area contributed by atoms with Gasteiger partial charge in [0.1, 0.15) is 5.82 Å². The second-order valence-corrected chi connectivity index (χ2v) is 6.58. The first-order chi connectivity index (χ1) is 9.92. The fourth-order valence-corrected chi connectivity index (χ4v) is 3.60. The lowest BCUT2D eigenvalue weighted by Gasteiger charge is -2.46. The van der Waals surface area contributed by atoms with Crippen LogP contribution in [0.1, 0.15) is 39.7 Å². The van der Waals surface area contributed by atoms with Crippen LogP contribution in [0.4, 0.5) is 4.39 Å². The van der Waals surface area contributed by atoms with Crippen LogP contribution in [-0.4, -0.2) is 36.6 Å². The highest BCUT2D eigenvalue weighted by Crippen LogP contribution is 2.27. The molecule has 1 aromatic rings. The molecule has 1 N–H and O–H groups in total. The van der Waals surface area contributed by atoms with E-state index in [0.29, 0.717) is 6.42 Å². The van der Waals surface area contributed by atoms with Gasteiger partial charge in [0.25, 0.3) is 0 Å². The van der Waals surface area contributed by atoms with Gasteiger partial charge in [0, 0.05) is 16.1 Å². The summed E-state index contributed by atoms with van der Waals surface area (Å²) in [7, 11) is 1.97. The van der Waals surface area contributed by atoms with E-state index in [4.69, 9.17) is 0 Å². The van der Waals surface area contributed by atoms with Crippen molar-refractivity contribution in [2.24, 2.45) is 0 Å². The van der Waals surface area contributed by atoms with Crippen LogP contribution >= 0.6 is 15.9 Å². The molecule has 120 valence electrons. The molecule has 0 bridgehead atoms. The lowest BCUT2D eigenvalue weighted by Crippen LogP contribution is -2.59. The van der Waals surface area contributed by atoms with Crippen LogP contribution in [0.3, 0.4) is 0 Å². The number of likely N-dealkylation sites (N-methyl/N-ethyl adjacent to an activating group) is 2. The molecule has 1 aromatic carbocycles. The van der Waals surface area contributed by atoms with Crippen molar-refractivity contribution in [3.63, 3.8) is 0 Å². The Kier molecular flexibility index (Phi) is 7.31. The zero-order chi connectivity index (χ0) is 16.0. The van der Waals surface area contributed by atoms with E-state index < -0.39 is 0 Å². The Hall–Kier alpha value is -0.450. The van der Waals surface area contributed by atoms with E-state index in [9.17, 15) is 4.39 Å². The number of hydrogen-bond donors (Lipinski definition) is 1. The number of nitrogens with one attached hydrogen (secondary N) is 1. The first-order valence-corrected chi connectivity index (χ1v) is 8.58. The normalized spacial score (nSPS) is 16.0. The van der Waals surface area contributed by atoms with Gasteiger partial charge in [-0.25, -0.2) is 4.39 Å². The first-order valence-electron chi connectivity index (χ1n) is 7.79. The van der Waals surface area contributed by atoms with Crippen molar-refractivity contribution in [2.45, 2.75) is 52.1 Å². The zero-order valence-corrected chi connectivity index (χ0v) is 15.4. The summed E-state index contributed by atoms with van der Waals surface area (Å²) in [5.74, 6) is -0.128. The van der Waals surface area contributed by atoms with Crippen molar-refractivity contribution < 1.29 is 4.39 Å². The Morgan fingerprint density at radius 2 is 1.90 bits per heavy atom. The molecular weight excluding hydrogens is 331 g/mol. The molecule has 2 atom stereocenters. The van der Waals surface area contributed by atoms with E-state index in [-0.39, 0.29) is 17.4 Å². The average molecular weight is 359 g/mol. The second-order valence-electron chi connectivity index (χ2n) is 5.66. The minimum absolute atomic E-state index is 0.00695. The molecule has 21 heavy (non-hydrogen) atoms. The van der Waals surface area contributed by atoms with Crippen LogP contribution in [0.15, 0.2) is 22.7 Å². The molecule has 0 radical (unpaired) electrons. The fraction of sp³-hybridized carbons (Fsp3) is 0.647. The molecule has 2 unspecified atom stereocenters. The highest BCUT2D eigenvalue weighted by atomic mass is 79.9. The standard InChI is InChI=1S/C17H28BrFN2/c1-6-17(4,21(7-2)8-3)16(20-5)12-13-11-14(18)9-10-15(13)19/h9-11,16,20H,6-8,12H2,1-5H3. The Balaban J connectivity index is 3.07. The molecular formula is C17H28BrFN2. The van der Waals surface area contributed by atoms with Crippen molar-refractivity contribution in [1.82, 2.24) is 10.2 Å². The third-order valence-electron chi connectivity index (χ3n) is 4.73. The quantitative estimate of drug-likeness (QED) is 0.747. The smallest absolute Gasteiger partial charge is 0.126 e. The molecule has 0 aliphatic rings. The molecule has 1 rings (SSSR count). The van der Waals surface area contributed by atoms with E-state index in [1.54, 1.807) is 6.07 Å². The third-order valence-corrected chi connectivity index (χ3v) is 5.23. The van der Waals surface area contributed by atoms with Gasteiger partial charge in [-0.3, -0.25) is 4.90 Å². The predicted octanol–water partition coefficient (Wildman–Crippen LogP) is 4.23. The first kappa shape index (κ1) is 18.6. The Morgan fingerprint density at radius 1 is 1.29 bits per heavy atom. The van der Waals surface area contributed by atoms with Crippen LogP contribution in [0.25, 0.3) is 0 Å². The summed E-state index contributed by atoms with van der Waals surface area (Å²) in [6.07, 6.45) is 1.71. The topological polar surface area (TPSA) is 15.3 Å². The summed E-state index contributed by atoms with van der Waals surface area (Å²) in [6, 6.07) is 5.37. The number of rotatable bonds is 8. The van der Waals surface area contributed by atoms with Crippen LogP contribution in [-0.2, 0) is 6.42 Å². The Labute approximate surface area is 137 Å². The van der Waals surface area contributed by atoms with Crippen LogP contribution in [0.5, 0.6) is 0 Å². The molecule has 0 spiro atoms. The lowest BCUT2D eigenvalue weighted by molar-refractivity contribution is 0.0727. The third kappa shape index (κ3) is 4.27. The van der Waals surface area contributed by atoms with E-state index >= 15 is 0 Å². The minimum Gasteiger partial charge on any atom is -0.315 e. The summed E-state index contributed by atoms with van der Waals surface area (Å²) in [5, 5.41) is 3.41. The summed E-state index contributed by atoms with van der Waals surface area (Å²) >= 11 is 3.43. The van der Waals surface area contributed by atoms with Crippen LogP contribution in [0, 0.1) is 5.82 Å². The summed E-state index contributed by atoms with van der Waals surface area (Å²) < 4.78 is 15.0. The molecule has 0 aliphatic heterocycles. The second kappa shape index (κ2) is 8.25. The van der Waals surface area contributed by atoms with E-state index in [1.165, 1.54) is 6.07 Å². The van der Waals surface area contributed by atoms with Gasteiger partial charge in [-0.05, 0) is 63.7 Å². The maximum Gasteiger partial charge on any atom is 0.126 e. The maximum absolute atomic E-state index is 14.1. The van der Waals surface area contributed by atoms with Gasteiger partial charge in [0.05, 0.1) is 0 Å². The Morgan fingerprint density at radius 3 is 2.38 bits per heavy atom. The number of nitrogens with zero attached hydrogens (tertiary/aromatic N) is 1. The van der Waals surface area contributed by atoms with Gasteiger partial charge in [-0.15, -0.1) is 0 Å². The van der Waals surface area contributed by atoms with Gasteiger partial charge in [-0.1, -0.05) is 36.7 Å². The van der Waals surface area contributed by atoms with Crippen molar-refractivity contribution in [3.8, 4) is 0 Å². The molecule has 2 nitrogen and oxygen atoms in total. The number of halogens is 2. The van der Waals surface area contributed by atoms with Gasteiger partial charge in [0.2, 0.25) is 0 Å². The molecule has 0 aromatic heterocycles. The molecule has 0 heterocycles. The summed E-state index contributed by atoms with van der Waals surface area (Å²) in [4.78, 5) is 2.46. The van der Waals surface area contributed by atoms with Crippen molar-refractivity contribution in [2.75, 3.05) is 20.1 Å². The van der Waals surface area contributed by atoms with Crippen molar-refractivity contribution in [1.29, 1.82) is 0 Å². The van der Waals surface area contributed by atoms with Crippen molar-refractivity contribution in [3.05, 3.63) is 34.1 Å². The molecule has 0 saturated heterocycles. The summed E-state index contributed by atoms with van der Waals surface area (Å²) in [5.41, 5.74) is 0.767. The molecule has 0 aliphatic carbocycles. The highest BCUT2D eigenvalue weighted by Gasteiger charge is 2.36. The van der Waals surface area contributed by atoms with Gasteiger partial charge in [0.15, 0.2) is 0 Å². The van der Waals surface area contributed by atoms with E-state index in [2.05, 4.69) is 53.8 Å². The summed E-state index contributed by atoms with van der Waals surface area (Å²) in [6.45, 7) is 10.9. The zero-order valence-electron chi connectivity index (χ0n) is 13.8. The fourth-order valence-electron chi connectivity index (χ4n) is 3.19. The molecule has 4 heteroatoms.